The average molecular weight is 589 g/mol. The first kappa shape index (κ1) is 30.8. The van der Waals surface area contributed by atoms with Gasteiger partial charge in [-0.2, -0.15) is 40.4 Å². The van der Waals surface area contributed by atoms with Crippen LogP contribution < -0.4 is 25.7 Å². The van der Waals surface area contributed by atoms with Crippen molar-refractivity contribution in [3.05, 3.63) is 77.9 Å². The maximum atomic E-state index is 14.2. The summed E-state index contributed by atoms with van der Waals surface area (Å²) >= 11 is 0. The van der Waals surface area contributed by atoms with Gasteiger partial charge in [-0.25, -0.2) is 4.79 Å². The summed E-state index contributed by atoms with van der Waals surface area (Å²) in [5.41, 5.74) is 10.6. The normalized spacial score (nSPS) is 12.4. The summed E-state index contributed by atoms with van der Waals surface area (Å²) in [5, 5.41) is 8.76. The van der Waals surface area contributed by atoms with E-state index >= 15 is 0 Å². The second-order valence-electron chi connectivity index (χ2n) is 8.48. The third kappa shape index (κ3) is 6.53. The van der Waals surface area contributed by atoms with E-state index in [-0.39, 0.29) is 22.7 Å². The highest BCUT2D eigenvalue weighted by atomic mass is 19.4. The van der Waals surface area contributed by atoms with Gasteiger partial charge in [0.05, 0.1) is 22.9 Å². The minimum Gasteiger partial charge on any atom is -0.487 e. The molecule has 218 valence electrons. The maximum Gasteiger partial charge on any atom is 0.381 e. The van der Waals surface area contributed by atoms with Crippen molar-refractivity contribution in [1.82, 2.24) is 0 Å². The lowest BCUT2D eigenvalue weighted by molar-refractivity contribution is -0.371. The lowest BCUT2D eigenvalue weighted by Crippen LogP contribution is -2.65. The van der Waals surface area contributed by atoms with Crippen molar-refractivity contribution < 1.29 is 54.1 Å². The molecule has 0 aliphatic carbocycles. The highest BCUT2D eigenvalue weighted by molar-refractivity contribution is 5.91. The van der Waals surface area contributed by atoms with E-state index in [1.807, 2.05) is 6.07 Å². The predicted molar refractivity (Wildman–Crippen MR) is 129 cm³/mol. The summed E-state index contributed by atoms with van der Waals surface area (Å²) in [6.07, 6.45) is 0. The van der Waals surface area contributed by atoms with Crippen LogP contribution in [0.3, 0.4) is 0 Å². The molecule has 0 saturated carbocycles. The van der Waals surface area contributed by atoms with Crippen LogP contribution in [0.15, 0.2) is 66.7 Å². The number of nitrogens with two attached hydrogens (primary N) is 2. The lowest BCUT2D eigenvalue weighted by atomic mass is 9.99. The van der Waals surface area contributed by atoms with Crippen molar-refractivity contribution in [2.75, 3.05) is 24.7 Å². The van der Waals surface area contributed by atoms with Crippen molar-refractivity contribution in [1.29, 1.82) is 5.26 Å². The molecule has 3 aromatic carbocycles. The van der Waals surface area contributed by atoms with Gasteiger partial charge < -0.3 is 25.7 Å². The van der Waals surface area contributed by atoms with Crippen LogP contribution in [0.4, 0.5) is 46.5 Å². The Bertz CT molecular complexity index is 1430. The first-order valence-electron chi connectivity index (χ1n) is 11.2. The van der Waals surface area contributed by atoms with E-state index in [1.54, 1.807) is 0 Å². The Labute approximate surface area is 226 Å². The van der Waals surface area contributed by atoms with E-state index < -0.39 is 54.4 Å². The van der Waals surface area contributed by atoms with Crippen LogP contribution >= 0.6 is 0 Å². The number of rotatable bonds is 11. The topological polar surface area (TPSA) is 121 Å². The van der Waals surface area contributed by atoms with Crippen LogP contribution in [0.2, 0.25) is 0 Å². The summed E-state index contributed by atoms with van der Waals surface area (Å²) in [6, 6.07) is 14.0. The zero-order chi connectivity index (χ0) is 30.6. The van der Waals surface area contributed by atoms with Crippen molar-refractivity contribution in [3.63, 3.8) is 0 Å². The summed E-state index contributed by atoms with van der Waals surface area (Å²) in [5.74, 6) is -26.8. The molecule has 0 atom stereocenters. The van der Waals surface area contributed by atoms with Crippen molar-refractivity contribution >= 4 is 17.3 Å². The molecule has 0 aromatic heterocycles. The van der Waals surface area contributed by atoms with E-state index in [4.69, 9.17) is 21.5 Å². The monoisotopic (exact) mass is 589 g/mol. The largest absolute Gasteiger partial charge is 0.487 e. The number of anilines is 2. The van der Waals surface area contributed by atoms with Gasteiger partial charge in [0.2, 0.25) is 0 Å². The summed E-state index contributed by atoms with van der Waals surface area (Å²) in [6.45, 7) is -4.84. The lowest BCUT2D eigenvalue weighted by Gasteiger charge is -2.36. The Morgan fingerprint density at radius 3 is 1.76 bits per heavy atom. The second-order valence-corrected chi connectivity index (χ2v) is 8.48. The van der Waals surface area contributed by atoms with Gasteiger partial charge >= 0.3 is 29.7 Å². The molecule has 3 aromatic rings. The molecule has 0 unspecified atom stereocenters. The number of esters is 1. The van der Waals surface area contributed by atoms with Gasteiger partial charge in [0.1, 0.15) is 17.2 Å². The molecule has 4 N–H and O–H groups in total. The fourth-order valence-corrected chi connectivity index (χ4v) is 3.13. The fourth-order valence-electron chi connectivity index (χ4n) is 3.13. The smallest absolute Gasteiger partial charge is 0.381 e. The van der Waals surface area contributed by atoms with E-state index in [9.17, 15) is 39.9 Å². The molecule has 0 saturated heterocycles. The molecule has 0 aliphatic rings. The molecular formula is C26H19F8N3O4. The van der Waals surface area contributed by atoms with Crippen molar-refractivity contribution in [2.24, 2.45) is 0 Å². The highest BCUT2D eigenvalue weighted by Crippen LogP contribution is 2.52. The molecule has 0 radical (unpaired) electrons. The van der Waals surface area contributed by atoms with Gasteiger partial charge in [-0.3, -0.25) is 0 Å². The summed E-state index contributed by atoms with van der Waals surface area (Å²) in [7, 11) is 0. The summed E-state index contributed by atoms with van der Waals surface area (Å²) < 4.78 is 127. The van der Waals surface area contributed by atoms with Crippen molar-refractivity contribution in [2.45, 2.75) is 23.7 Å². The fraction of sp³-hybridized carbons (Fsp3) is 0.231. The first-order chi connectivity index (χ1) is 19.0. The Morgan fingerprint density at radius 2 is 1.24 bits per heavy atom. The second kappa shape index (κ2) is 11.4. The van der Waals surface area contributed by atoms with Gasteiger partial charge in [0.15, 0.2) is 13.2 Å². The molecule has 0 bridgehead atoms. The number of hydrogen-bond acceptors (Lipinski definition) is 7. The number of nitriles is 1. The highest BCUT2D eigenvalue weighted by Gasteiger charge is 2.81. The van der Waals surface area contributed by atoms with Crippen LogP contribution in [0, 0.1) is 11.3 Å². The number of carbonyl (C=O) groups excluding carboxylic acids is 1. The molecule has 15 heteroatoms. The molecule has 0 spiro atoms. The quantitative estimate of drug-likeness (QED) is 0.123. The van der Waals surface area contributed by atoms with Crippen LogP contribution in [-0.4, -0.2) is 42.9 Å². The number of carbonyl (C=O) groups is 1. The maximum absolute atomic E-state index is 14.2. The standard InChI is InChI=1S/C26H19F8N3O4/c27-23(28,25(31,32)26(33,34)24(29,30)14-40-21-10-5-17(36)11-20(21)37)13-39-18-8-3-16(4-9-18)22(38)41-19-6-1-15(12-35)2-7-19/h1-11H,13-14,36-37H2. The number of benzene rings is 3. The SMILES string of the molecule is N#Cc1ccc(OC(=O)c2ccc(OCC(F)(F)C(F)(F)C(F)(F)C(F)(F)COc3ccc(N)cc3N)cc2)cc1. The Balaban J connectivity index is 1.65. The number of halogens is 8. The number of nitrogen functional groups attached to an aromatic ring is 2. The number of alkyl halides is 8. The van der Waals surface area contributed by atoms with Crippen molar-refractivity contribution in [3.8, 4) is 23.3 Å². The number of hydrogen-bond donors (Lipinski definition) is 2. The van der Waals surface area contributed by atoms with E-state index in [2.05, 4.69) is 9.47 Å². The molecule has 7 nitrogen and oxygen atoms in total. The van der Waals surface area contributed by atoms with Crippen LogP contribution in [0.1, 0.15) is 15.9 Å². The van der Waals surface area contributed by atoms with Gasteiger partial charge in [-0.15, -0.1) is 0 Å². The van der Waals surface area contributed by atoms with Crippen LogP contribution in [0.25, 0.3) is 0 Å². The Kier molecular flexibility index (Phi) is 8.56. The van der Waals surface area contributed by atoms with Gasteiger partial charge in [-0.05, 0) is 66.7 Å². The molecule has 0 amide bonds. The minimum atomic E-state index is -6.61. The van der Waals surface area contributed by atoms with Gasteiger partial charge in [0, 0.05) is 5.69 Å². The first-order valence-corrected chi connectivity index (χ1v) is 11.2. The molecule has 0 fully saturated rings. The van der Waals surface area contributed by atoms with Gasteiger partial charge in [-0.1, -0.05) is 0 Å². The van der Waals surface area contributed by atoms with E-state index in [1.165, 1.54) is 24.3 Å². The molecule has 3 rings (SSSR count). The van der Waals surface area contributed by atoms with Crippen LogP contribution in [-0.2, 0) is 0 Å². The predicted octanol–water partition coefficient (Wildman–Crippen LogP) is 5.94. The van der Waals surface area contributed by atoms with E-state index in [0.29, 0.717) is 5.56 Å². The Hall–Kier alpha value is -4.74. The molecular weight excluding hydrogens is 570 g/mol. The minimum absolute atomic E-state index is 0.0517. The number of ether oxygens (including phenoxy) is 3. The Morgan fingerprint density at radius 1 is 0.732 bits per heavy atom. The average Bonchev–Trinajstić information content (AvgIpc) is 2.91. The van der Waals surface area contributed by atoms with Crippen LogP contribution in [0.5, 0.6) is 17.2 Å². The zero-order valence-electron chi connectivity index (χ0n) is 20.5. The molecule has 41 heavy (non-hydrogen) atoms. The third-order valence-corrected chi connectivity index (χ3v) is 5.46. The zero-order valence-corrected chi connectivity index (χ0v) is 20.5. The third-order valence-electron chi connectivity index (χ3n) is 5.46. The van der Waals surface area contributed by atoms with Gasteiger partial charge in [0.25, 0.3) is 0 Å². The number of nitrogens with zero attached hydrogens (tertiary/aromatic N) is 1. The molecule has 0 heterocycles. The summed E-state index contributed by atoms with van der Waals surface area (Å²) in [4.78, 5) is 12.2. The molecule has 0 aliphatic heterocycles. The van der Waals surface area contributed by atoms with E-state index in [0.717, 1.165) is 42.5 Å².